The molecular weight excluding hydrogens is 357 g/mol. The second-order valence-electron chi connectivity index (χ2n) is 6.58. The fourth-order valence-electron chi connectivity index (χ4n) is 2.79. The third kappa shape index (κ3) is 7.33. The summed E-state index contributed by atoms with van der Waals surface area (Å²) in [7, 11) is 5.71. The van der Waals surface area contributed by atoms with E-state index in [0.29, 0.717) is 11.3 Å². The maximum atomic E-state index is 5.80. The molecule has 2 radical (unpaired) electrons. The van der Waals surface area contributed by atoms with Gasteiger partial charge in [0.05, 0.1) is 12.8 Å². The summed E-state index contributed by atoms with van der Waals surface area (Å²) in [4.78, 5) is 4.42. The second-order valence-corrected chi connectivity index (χ2v) is 6.58. The molecule has 150 valence electrons. The van der Waals surface area contributed by atoms with E-state index in [4.69, 9.17) is 12.6 Å². The van der Waals surface area contributed by atoms with Crippen molar-refractivity contribution in [2.24, 2.45) is 0 Å². The minimum absolute atomic E-state index is 0.585. The van der Waals surface area contributed by atoms with Gasteiger partial charge in [-0.05, 0) is 30.7 Å². The van der Waals surface area contributed by atoms with E-state index >= 15 is 0 Å². The van der Waals surface area contributed by atoms with Crippen LogP contribution in [-0.4, -0.2) is 29.6 Å². The SMILES string of the molecule is CC.[B]c1ccc(-c2ncc(-c3ccc(OCCCCCCC)cc3)nn2)cc1. The maximum Gasteiger partial charge on any atom is 0.181 e. The van der Waals surface area contributed by atoms with Gasteiger partial charge in [-0.1, -0.05) is 76.2 Å². The lowest BCUT2D eigenvalue weighted by molar-refractivity contribution is 0.304. The number of ether oxygens (including phenoxy) is 1. The first-order chi connectivity index (χ1) is 14.3. The first kappa shape index (κ1) is 22.6. The highest BCUT2D eigenvalue weighted by Crippen LogP contribution is 2.21. The summed E-state index contributed by atoms with van der Waals surface area (Å²) in [5.74, 6) is 1.47. The Kier molecular flexibility index (Phi) is 9.91. The summed E-state index contributed by atoms with van der Waals surface area (Å²) in [5, 5.41) is 8.53. The molecule has 0 fully saturated rings. The lowest BCUT2D eigenvalue weighted by Crippen LogP contribution is -2.01. The third-order valence-electron chi connectivity index (χ3n) is 4.40. The van der Waals surface area contributed by atoms with Gasteiger partial charge in [-0.25, -0.2) is 4.98 Å². The zero-order valence-electron chi connectivity index (χ0n) is 17.8. The molecule has 0 amide bonds. The van der Waals surface area contributed by atoms with Gasteiger partial charge in [0, 0.05) is 11.1 Å². The fourth-order valence-corrected chi connectivity index (χ4v) is 2.79. The Balaban J connectivity index is 0.00000145. The predicted molar refractivity (Wildman–Crippen MR) is 122 cm³/mol. The van der Waals surface area contributed by atoms with Gasteiger partial charge in [-0.3, -0.25) is 0 Å². The molecule has 29 heavy (non-hydrogen) atoms. The van der Waals surface area contributed by atoms with Crippen molar-refractivity contribution in [2.75, 3.05) is 6.61 Å². The van der Waals surface area contributed by atoms with Crippen molar-refractivity contribution < 1.29 is 4.74 Å². The Hall–Kier alpha value is -2.69. The topological polar surface area (TPSA) is 47.9 Å². The zero-order chi connectivity index (χ0) is 20.9. The Morgan fingerprint density at radius 3 is 2.07 bits per heavy atom. The van der Waals surface area contributed by atoms with Crippen molar-refractivity contribution in [2.45, 2.75) is 52.9 Å². The molecule has 1 heterocycles. The normalized spacial score (nSPS) is 10.2. The molecule has 0 saturated carbocycles. The highest BCUT2D eigenvalue weighted by atomic mass is 16.5. The minimum Gasteiger partial charge on any atom is -0.494 e. The molecule has 0 bridgehead atoms. The van der Waals surface area contributed by atoms with Gasteiger partial charge in [0.25, 0.3) is 0 Å². The average molecular weight is 387 g/mol. The molecule has 0 aliphatic heterocycles. The molecule has 0 spiro atoms. The number of rotatable bonds is 9. The van der Waals surface area contributed by atoms with Crippen LogP contribution in [0, 0.1) is 0 Å². The van der Waals surface area contributed by atoms with Gasteiger partial charge < -0.3 is 4.74 Å². The van der Waals surface area contributed by atoms with Crippen LogP contribution < -0.4 is 10.2 Å². The molecule has 0 aliphatic rings. The van der Waals surface area contributed by atoms with Crippen LogP contribution >= 0.6 is 0 Å². The number of hydrogen-bond donors (Lipinski definition) is 0. The third-order valence-corrected chi connectivity index (χ3v) is 4.40. The predicted octanol–water partition coefficient (Wildman–Crippen LogP) is 5.37. The highest BCUT2D eigenvalue weighted by molar-refractivity contribution is 6.32. The Labute approximate surface area is 176 Å². The van der Waals surface area contributed by atoms with Crippen LogP contribution in [0.25, 0.3) is 22.6 Å². The molecule has 0 N–H and O–H groups in total. The summed E-state index contributed by atoms with van der Waals surface area (Å²) in [6.45, 7) is 6.99. The van der Waals surface area contributed by atoms with Crippen LogP contribution in [0.1, 0.15) is 52.9 Å². The lowest BCUT2D eigenvalue weighted by atomic mass is 9.95. The molecule has 0 saturated heterocycles. The molecule has 1 aromatic heterocycles. The van der Waals surface area contributed by atoms with E-state index in [1.54, 1.807) is 6.20 Å². The second kappa shape index (κ2) is 12.7. The molecule has 3 rings (SSSR count). The Morgan fingerprint density at radius 1 is 0.793 bits per heavy atom. The van der Waals surface area contributed by atoms with Gasteiger partial charge in [0.2, 0.25) is 0 Å². The van der Waals surface area contributed by atoms with Crippen molar-refractivity contribution in [3.8, 4) is 28.4 Å². The lowest BCUT2D eigenvalue weighted by Gasteiger charge is -2.07. The molecule has 4 nitrogen and oxygen atoms in total. The average Bonchev–Trinajstić information content (AvgIpc) is 2.79. The Bertz CT molecular complexity index is 818. The van der Waals surface area contributed by atoms with Crippen LogP contribution in [0.4, 0.5) is 0 Å². The molecule has 0 aliphatic carbocycles. The number of nitrogens with zero attached hydrogens (tertiary/aromatic N) is 3. The van der Waals surface area contributed by atoms with E-state index in [1.807, 2.05) is 62.4 Å². The van der Waals surface area contributed by atoms with E-state index in [-0.39, 0.29) is 0 Å². The monoisotopic (exact) mass is 387 g/mol. The summed E-state index contributed by atoms with van der Waals surface area (Å²) in [6.07, 6.45) is 7.93. The van der Waals surface area contributed by atoms with Crippen LogP contribution in [0.2, 0.25) is 0 Å². The van der Waals surface area contributed by atoms with Crippen molar-refractivity contribution in [1.29, 1.82) is 0 Å². The van der Waals surface area contributed by atoms with Gasteiger partial charge in [-0.15, -0.1) is 10.2 Å². The van der Waals surface area contributed by atoms with E-state index < -0.39 is 0 Å². The smallest absolute Gasteiger partial charge is 0.181 e. The van der Waals surface area contributed by atoms with E-state index in [2.05, 4.69) is 22.1 Å². The molecule has 2 aromatic carbocycles. The number of aromatic nitrogens is 3. The van der Waals surface area contributed by atoms with Gasteiger partial charge in [-0.2, -0.15) is 0 Å². The number of unbranched alkanes of at least 4 members (excludes halogenated alkanes) is 4. The molecule has 0 unspecified atom stereocenters. The summed E-state index contributed by atoms with van der Waals surface area (Å²) in [6, 6.07) is 15.3. The fraction of sp³-hybridized carbons (Fsp3) is 0.375. The van der Waals surface area contributed by atoms with Crippen molar-refractivity contribution in [3.05, 3.63) is 54.7 Å². The van der Waals surface area contributed by atoms with E-state index in [1.165, 1.54) is 25.7 Å². The highest BCUT2D eigenvalue weighted by Gasteiger charge is 2.05. The van der Waals surface area contributed by atoms with Crippen LogP contribution in [0.15, 0.2) is 54.7 Å². The standard InChI is InChI=1S/C22H24BN3O.C2H6/c1-2-3-4-5-6-15-27-20-13-9-17(10-14-20)21-16-24-22(26-25-21)18-7-11-19(23)12-8-18;1-2/h7-14,16H,2-6,15H2,1H3;1-2H3. The van der Waals surface area contributed by atoms with Crippen molar-refractivity contribution in [3.63, 3.8) is 0 Å². The molecule has 5 heteroatoms. The number of hydrogen-bond acceptors (Lipinski definition) is 4. The first-order valence-electron chi connectivity index (χ1n) is 10.5. The minimum atomic E-state index is 0.585. The maximum absolute atomic E-state index is 5.80. The Morgan fingerprint density at radius 2 is 1.45 bits per heavy atom. The summed E-state index contributed by atoms with van der Waals surface area (Å²) < 4.78 is 5.80. The summed E-state index contributed by atoms with van der Waals surface area (Å²) in [5.41, 5.74) is 3.31. The van der Waals surface area contributed by atoms with Gasteiger partial charge in [0.15, 0.2) is 5.82 Å². The first-order valence-corrected chi connectivity index (χ1v) is 10.5. The zero-order valence-corrected chi connectivity index (χ0v) is 17.8. The van der Waals surface area contributed by atoms with Crippen molar-refractivity contribution >= 4 is 13.3 Å². The number of benzene rings is 2. The van der Waals surface area contributed by atoms with Crippen LogP contribution in [0.3, 0.4) is 0 Å². The molecule has 3 aromatic rings. The van der Waals surface area contributed by atoms with Crippen molar-refractivity contribution in [1.82, 2.24) is 15.2 Å². The quantitative estimate of drug-likeness (QED) is 0.366. The van der Waals surface area contributed by atoms with E-state index in [9.17, 15) is 0 Å². The molecular formula is C24H30BN3O. The van der Waals surface area contributed by atoms with Gasteiger partial charge >= 0.3 is 0 Å². The van der Waals surface area contributed by atoms with Crippen LogP contribution in [0.5, 0.6) is 5.75 Å². The largest absolute Gasteiger partial charge is 0.494 e. The summed E-state index contributed by atoms with van der Waals surface area (Å²) >= 11 is 0. The van der Waals surface area contributed by atoms with Crippen LogP contribution in [-0.2, 0) is 0 Å². The van der Waals surface area contributed by atoms with Gasteiger partial charge in [0.1, 0.15) is 19.3 Å². The molecule has 0 atom stereocenters. The van der Waals surface area contributed by atoms with E-state index in [0.717, 1.165) is 35.6 Å².